The van der Waals surface area contributed by atoms with E-state index >= 15 is 0 Å². The van der Waals surface area contributed by atoms with Crippen molar-refractivity contribution >= 4 is 33.9 Å². The van der Waals surface area contributed by atoms with Crippen LogP contribution in [0.5, 0.6) is 11.6 Å². The van der Waals surface area contributed by atoms with E-state index in [0.717, 1.165) is 17.1 Å². The first-order valence-corrected chi connectivity index (χ1v) is 9.18. The minimum atomic E-state index is -0.635. The molecular formula is C22H16N4O5. The summed E-state index contributed by atoms with van der Waals surface area (Å²) in [4.78, 5) is 31.2. The number of nitro groups is 1. The van der Waals surface area contributed by atoms with Gasteiger partial charge in [0.2, 0.25) is 5.82 Å². The van der Waals surface area contributed by atoms with Gasteiger partial charge in [-0.3, -0.25) is 10.1 Å². The number of esters is 1. The summed E-state index contributed by atoms with van der Waals surface area (Å²) >= 11 is 0. The number of methoxy groups -OCH3 is 1. The van der Waals surface area contributed by atoms with Crippen LogP contribution in [0, 0.1) is 10.1 Å². The second-order valence-electron chi connectivity index (χ2n) is 6.37. The molecule has 1 heterocycles. The number of fused-ring (bicyclic) bond motifs is 1. The molecule has 154 valence electrons. The summed E-state index contributed by atoms with van der Waals surface area (Å²) in [7, 11) is 1.25. The summed E-state index contributed by atoms with van der Waals surface area (Å²) < 4.78 is 10.6. The summed E-state index contributed by atoms with van der Waals surface area (Å²) in [6.45, 7) is 0. The lowest BCUT2D eigenvalue weighted by Gasteiger charge is -2.12. The summed E-state index contributed by atoms with van der Waals surface area (Å²) in [6, 6.07) is 19.4. The van der Waals surface area contributed by atoms with Crippen LogP contribution in [-0.4, -0.2) is 28.0 Å². The molecule has 0 aliphatic rings. The number of aromatic nitrogens is 2. The number of nitrogens with zero attached hydrogens (tertiary/aromatic N) is 3. The lowest BCUT2D eigenvalue weighted by atomic mass is 10.1. The number of hydrogen-bond donors (Lipinski definition) is 1. The highest BCUT2D eigenvalue weighted by Crippen LogP contribution is 2.38. The molecule has 0 saturated heterocycles. The molecular weight excluding hydrogens is 400 g/mol. The molecule has 31 heavy (non-hydrogen) atoms. The highest BCUT2D eigenvalue weighted by Gasteiger charge is 2.26. The van der Waals surface area contributed by atoms with Crippen LogP contribution in [0.25, 0.3) is 10.8 Å². The van der Waals surface area contributed by atoms with Crippen LogP contribution in [-0.2, 0) is 4.74 Å². The number of carbonyl (C=O) groups excluding carboxylic acids is 1. The van der Waals surface area contributed by atoms with Crippen LogP contribution in [0.4, 0.5) is 17.2 Å². The number of hydrogen-bond acceptors (Lipinski definition) is 8. The standard InChI is InChI=1S/C22H16N4O5/c1-30-22(27)16-10-4-5-11-17(16)25-20-19(26(28)29)21(24-13-23-20)31-18-12-6-8-14-7-2-3-9-15(14)18/h2-13H,1H3,(H,23,24,25). The summed E-state index contributed by atoms with van der Waals surface area (Å²) in [5.74, 6) is -0.520. The van der Waals surface area contributed by atoms with Gasteiger partial charge in [-0.15, -0.1) is 0 Å². The van der Waals surface area contributed by atoms with E-state index in [-0.39, 0.29) is 17.3 Å². The third kappa shape index (κ3) is 3.97. The molecule has 9 nitrogen and oxygen atoms in total. The molecule has 0 fully saturated rings. The molecule has 3 aromatic carbocycles. The van der Waals surface area contributed by atoms with E-state index in [1.54, 1.807) is 30.3 Å². The molecule has 0 atom stereocenters. The second kappa shape index (κ2) is 8.46. The SMILES string of the molecule is COC(=O)c1ccccc1Nc1ncnc(Oc2cccc3ccccc23)c1[N+](=O)[O-]. The van der Waals surface area contributed by atoms with Gasteiger partial charge in [-0.1, -0.05) is 48.5 Å². The van der Waals surface area contributed by atoms with Gasteiger partial charge in [-0.2, -0.15) is 4.98 Å². The minimum Gasteiger partial charge on any atom is -0.465 e. The Morgan fingerprint density at radius 1 is 1.00 bits per heavy atom. The highest BCUT2D eigenvalue weighted by molar-refractivity contribution is 5.96. The van der Waals surface area contributed by atoms with Crippen molar-refractivity contribution in [2.45, 2.75) is 0 Å². The van der Waals surface area contributed by atoms with Crippen LogP contribution >= 0.6 is 0 Å². The van der Waals surface area contributed by atoms with Crippen molar-refractivity contribution in [2.75, 3.05) is 12.4 Å². The number of rotatable bonds is 6. The van der Waals surface area contributed by atoms with Crippen molar-refractivity contribution in [3.63, 3.8) is 0 Å². The van der Waals surface area contributed by atoms with Crippen LogP contribution in [0.15, 0.2) is 73.1 Å². The minimum absolute atomic E-state index is 0.119. The number of ether oxygens (including phenoxy) is 2. The normalized spacial score (nSPS) is 10.5. The van der Waals surface area contributed by atoms with E-state index < -0.39 is 16.6 Å². The van der Waals surface area contributed by atoms with E-state index in [2.05, 4.69) is 15.3 Å². The van der Waals surface area contributed by atoms with E-state index in [4.69, 9.17) is 9.47 Å². The van der Waals surface area contributed by atoms with Gasteiger partial charge in [-0.05, 0) is 23.6 Å². The van der Waals surface area contributed by atoms with Gasteiger partial charge in [0.1, 0.15) is 12.1 Å². The molecule has 1 N–H and O–H groups in total. The predicted octanol–water partition coefficient (Wildman–Crippen LogP) is 4.86. The molecule has 4 aromatic rings. The number of para-hydroxylation sites is 1. The fourth-order valence-corrected chi connectivity index (χ4v) is 3.09. The number of anilines is 2. The Kier molecular flexibility index (Phi) is 5.39. The maximum absolute atomic E-state index is 12.0. The average Bonchev–Trinajstić information content (AvgIpc) is 2.79. The quantitative estimate of drug-likeness (QED) is 0.269. The van der Waals surface area contributed by atoms with Crippen molar-refractivity contribution in [3.05, 3.63) is 88.7 Å². The zero-order valence-electron chi connectivity index (χ0n) is 16.3. The fraction of sp³-hybridized carbons (Fsp3) is 0.0455. The first-order valence-electron chi connectivity index (χ1n) is 9.18. The number of carbonyl (C=O) groups is 1. The number of nitrogens with one attached hydrogen (secondary N) is 1. The Bertz CT molecular complexity index is 1290. The highest BCUT2D eigenvalue weighted by atomic mass is 16.6. The van der Waals surface area contributed by atoms with Gasteiger partial charge < -0.3 is 14.8 Å². The average molecular weight is 416 g/mol. The maximum atomic E-state index is 12.0. The first kappa shape index (κ1) is 19.8. The molecule has 0 aliphatic heterocycles. The van der Waals surface area contributed by atoms with E-state index in [1.807, 2.05) is 30.3 Å². The lowest BCUT2D eigenvalue weighted by Crippen LogP contribution is -2.08. The number of benzene rings is 3. The molecule has 0 saturated carbocycles. The van der Waals surface area contributed by atoms with Crippen molar-refractivity contribution < 1.29 is 19.2 Å². The molecule has 0 bridgehead atoms. The van der Waals surface area contributed by atoms with Crippen LogP contribution in [0.2, 0.25) is 0 Å². The van der Waals surface area contributed by atoms with E-state index in [1.165, 1.54) is 13.2 Å². The summed E-state index contributed by atoms with van der Waals surface area (Å²) in [5, 5.41) is 16.4. The summed E-state index contributed by atoms with van der Waals surface area (Å²) in [5.41, 5.74) is 0.0387. The fourth-order valence-electron chi connectivity index (χ4n) is 3.09. The smallest absolute Gasteiger partial charge is 0.373 e. The van der Waals surface area contributed by atoms with Crippen LogP contribution in [0.1, 0.15) is 10.4 Å². The van der Waals surface area contributed by atoms with Crippen LogP contribution < -0.4 is 10.1 Å². The molecule has 0 aliphatic carbocycles. The van der Waals surface area contributed by atoms with Gasteiger partial charge in [0.25, 0.3) is 0 Å². The Balaban J connectivity index is 1.76. The van der Waals surface area contributed by atoms with Crippen molar-refractivity contribution in [2.24, 2.45) is 0 Å². The zero-order valence-corrected chi connectivity index (χ0v) is 16.3. The van der Waals surface area contributed by atoms with Gasteiger partial charge in [0.05, 0.1) is 23.3 Å². The lowest BCUT2D eigenvalue weighted by molar-refractivity contribution is -0.385. The first-order chi connectivity index (χ1) is 15.1. The molecule has 1 aromatic heterocycles. The zero-order chi connectivity index (χ0) is 21.8. The molecule has 0 unspecified atom stereocenters. The summed E-state index contributed by atoms with van der Waals surface area (Å²) in [6.07, 6.45) is 1.15. The second-order valence-corrected chi connectivity index (χ2v) is 6.37. The van der Waals surface area contributed by atoms with Gasteiger partial charge >= 0.3 is 17.5 Å². The largest absolute Gasteiger partial charge is 0.465 e. The molecule has 0 amide bonds. The monoisotopic (exact) mass is 416 g/mol. The van der Waals surface area contributed by atoms with Gasteiger partial charge in [-0.25, -0.2) is 9.78 Å². The van der Waals surface area contributed by atoms with Crippen LogP contribution in [0.3, 0.4) is 0 Å². The van der Waals surface area contributed by atoms with Crippen molar-refractivity contribution in [1.29, 1.82) is 0 Å². The third-order valence-electron chi connectivity index (χ3n) is 4.51. The Morgan fingerprint density at radius 3 is 2.55 bits per heavy atom. The Morgan fingerprint density at radius 2 is 1.74 bits per heavy atom. The predicted molar refractivity (Wildman–Crippen MR) is 114 cm³/mol. The van der Waals surface area contributed by atoms with E-state index in [9.17, 15) is 14.9 Å². The molecule has 4 rings (SSSR count). The Labute approximate surface area is 176 Å². The van der Waals surface area contributed by atoms with Crippen molar-refractivity contribution in [3.8, 4) is 11.6 Å². The van der Waals surface area contributed by atoms with Crippen molar-refractivity contribution in [1.82, 2.24) is 9.97 Å². The maximum Gasteiger partial charge on any atom is 0.373 e. The third-order valence-corrected chi connectivity index (χ3v) is 4.51. The molecule has 0 spiro atoms. The molecule has 0 radical (unpaired) electrons. The van der Waals surface area contributed by atoms with Gasteiger partial charge in [0, 0.05) is 5.39 Å². The topological polar surface area (TPSA) is 116 Å². The molecule has 9 heteroatoms. The van der Waals surface area contributed by atoms with E-state index in [0.29, 0.717) is 11.4 Å². The van der Waals surface area contributed by atoms with Gasteiger partial charge in [0.15, 0.2) is 0 Å². The Hall–Kier alpha value is -4.53.